The molecular weight excluding hydrogens is 331 g/mol. The molecule has 0 radical (unpaired) electrons. The highest BCUT2D eigenvalue weighted by Crippen LogP contribution is 2.42. The molecule has 3 nitrogen and oxygen atoms in total. The van der Waals surface area contributed by atoms with Gasteiger partial charge in [-0.15, -0.1) is 0 Å². The quantitative estimate of drug-likeness (QED) is 0.842. The molecule has 1 aliphatic rings. The fourth-order valence-corrected chi connectivity index (χ4v) is 2.95. The highest BCUT2D eigenvalue weighted by atomic mass is 19.4. The molecule has 0 heterocycles. The van der Waals surface area contributed by atoms with Crippen molar-refractivity contribution in [3.05, 3.63) is 71.3 Å². The Bertz CT molecular complexity index is 723. The molecule has 1 saturated carbocycles. The Hall–Kier alpha value is -2.50. The van der Waals surface area contributed by atoms with Crippen LogP contribution in [-0.4, -0.2) is 6.09 Å². The summed E-state index contributed by atoms with van der Waals surface area (Å²) in [5, 5.41) is 2.83. The minimum absolute atomic E-state index is 0.149. The SMILES string of the molecule is O=C(NC1(c2ccc(C(F)(F)F)cc2)CCC1)OCc1ccccc1. The maximum absolute atomic E-state index is 12.7. The molecule has 6 heteroatoms. The van der Waals surface area contributed by atoms with E-state index < -0.39 is 23.4 Å². The average molecular weight is 349 g/mol. The minimum atomic E-state index is -4.37. The van der Waals surface area contributed by atoms with Crippen LogP contribution in [0.15, 0.2) is 54.6 Å². The summed E-state index contributed by atoms with van der Waals surface area (Å²) in [6, 6.07) is 14.2. The molecule has 2 aromatic carbocycles. The van der Waals surface area contributed by atoms with Gasteiger partial charge in [0.15, 0.2) is 0 Å². The molecule has 1 N–H and O–H groups in total. The van der Waals surface area contributed by atoms with Gasteiger partial charge in [-0.25, -0.2) is 4.79 Å². The molecule has 1 fully saturated rings. The fraction of sp³-hybridized carbons (Fsp3) is 0.316. The fourth-order valence-electron chi connectivity index (χ4n) is 2.95. The number of nitrogens with one attached hydrogen (secondary N) is 1. The van der Waals surface area contributed by atoms with Crippen LogP contribution in [0.5, 0.6) is 0 Å². The third-order valence-corrected chi connectivity index (χ3v) is 4.53. The number of carbonyl (C=O) groups is 1. The predicted molar refractivity (Wildman–Crippen MR) is 86.7 cm³/mol. The second kappa shape index (κ2) is 6.78. The number of carbonyl (C=O) groups excluding carboxylic acids is 1. The first-order chi connectivity index (χ1) is 11.9. The number of halogens is 3. The standard InChI is InChI=1S/C19H18F3NO2/c20-19(21,22)16-9-7-15(8-10-16)18(11-4-12-18)23-17(24)25-13-14-5-2-1-3-6-14/h1-3,5-10H,4,11-13H2,(H,23,24). The van der Waals surface area contributed by atoms with Crippen molar-refractivity contribution in [1.29, 1.82) is 0 Å². The van der Waals surface area contributed by atoms with E-state index in [2.05, 4.69) is 5.32 Å². The first-order valence-electron chi connectivity index (χ1n) is 8.06. The number of hydrogen-bond acceptors (Lipinski definition) is 2. The van der Waals surface area contributed by atoms with Gasteiger partial charge in [0.2, 0.25) is 0 Å². The summed E-state index contributed by atoms with van der Waals surface area (Å²) in [4.78, 5) is 12.1. The van der Waals surface area contributed by atoms with E-state index in [1.807, 2.05) is 30.3 Å². The summed E-state index contributed by atoms with van der Waals surface area (Å²) in [5.74, 6) is 0. The van der Waals surface area contributed by atoms with Gasteiger partial charge in [-0.05, 0) is 42.5 Å². The largest absolute Gasteiger partial charge is 0.445 e. The summed E-state index contributed by atoms with van der Waals surface area (Å²) >= 11 is 0. The summed E-state index contributed by atoms with van der Waals surface area (Å²) in [5.41, 5.74) is 0.202. The number of ether oxygens (including phenoxy) is 1. The van der Waals surface area contributed by atoms with Crippen LogP contribution in [0.25, 0.3) is 0 Å². The number of alkyl halides is 3. The van der Waals surface area contributed by atoms with Crippen molar-refractivity contribution in [2.45, 2.75) is 37.6 Å². The number of rotatable bonds is 4. The van der Waals surface area contributed by atoms with E-state index in [0.717, 1.165) is 24.1 Å². The normalized spacial score (nSPS) is 16.0. The molecule has 0 aliphatic heterocycles. The van der Waals surface area contributed by atoms with Crippen molar-refractivity contribution >= 4 is 6.09 Å². The third-order valence-electron chi connectivity index (χ3n) is 4.53. The second-order valence-electron chi connectivity index (χ2n) is 6.20. The zero-order chi connectivity index (χ0) is 17.9. The van der Waals surface area contributed by atoms with Gasteiger partial charge in [0.1, 0.15) is 6.61 Å². The summed E-state index contributed by atoms with van der Waals surface area (Å²) in [7, 11) is 0. The molecule has 25 heavy (non-hydrogen) atoms. The monoisotopic (exact) mass is 349 g/mol. The smallest absolute Gasteiger partial charge is 0.416 e. The van der Waals surface area contributed by atoms with Crippen molar-refractivity contribution < 1.29 is 22.7 Å². The van der Waals surface area contributed by atoms with Gasteiger partial charge >= 0.3 is 12.3 Å². The Morgan fingerprint density at radius 2 is 1.68 bits per heavy atom. The molecule has 1 aliphatic carbocycles. The van der Waals surface area contributed by atoms with Gasteiger partial charge in [-0.2, -0.15) is 13.2 Å². The van der Waals surface area contributed by atoms with Crippen LogP contribution in [0.1, 0.15) is 36.0 Å². The van der Waals surface area contributed by atoms with Crippen LogP contribution in [-0.2, 0) is 23.1 Å². The lowest BCUT2D eigenvalue weighted by molar-refractivity contribution is -0.137. The lowest BCUT2D eigenvalue weighted by atomic mass is 9.72. The van der Waals surface area contributed by atoms with Crippen molar-refractivity contribution in [3.8, 4) is 0 Å². The third kappa shape index (κ3) is 3.95. The maximum Gasteiger partial charge on any atom is 0.416 e. The molecule has 2 aromatic rings. The number of hydrogen-bond donors (Lipinski definition) is 1. The van der Waals surface area contributed by atoms with E-state index in [0.29, 0.717) is 18.4 Å². The topological polar surface area (TPSA) is 38.3 Å². The Morgan fingerprint density at radius 3 is 2.20 bits per heavy atom. The van der Waals surface area contributed by atoms with Gasteiger partial charge < -0.3 is 10.1 Å². The van der Waals surface area contributed by atoms with Crippen LogP contribution < -0.4 is 5.32 Å². The van der Waals surface area contributed by atoms with Gasteiger partial charge in [0.25, 0.3) is 0 Å². The summed E-state index contributed by atoms with van der Waals surface area (Å²) < 4.78 is 43.3. The van der Waals surface area contributed by atoms with E-state index >= 15 is 0 Å². The predicted octanol–water partition coefficient (Wildman–Crippen LogP) is 5.01. The molecular formula is C19H18F3NO2. The first-order valence-corrected chi connectivity index (χ1v) is 8.06. The molecule has 0 unspecified atom stereocenters. The Balaban J connectivity index is 1.65. The highest BCUT2D eigenvalue weighted by Gasteiger charge is 2.41. The van der Waals surface area contributed by atoms with Gasteiger partial charge in [-0.3, -0.25) is 0 Å². The summed E-state index contributed by atoms with van der Waals surface area (Å²) in [6.07, 6.45) is -2.67. The van der Waals surface area contributed by atoms with E-state index in [1.54, 1.807) is 0 Å². The van der Waals surface area contributed by atoms with Crippen LogP contribution in [0.4, 0.5) is 18.0 Å². The van der Waals surface area contributed by atoms with Crippen LogP contribution in [0.3, 0.4) is 0 Å². The molecule has 132 valence electrons. The first kappa shape index (κ1) is 17.3. The summed E-state index contributed by atoms with van der Waals surface area (Å²) in [6.45, 7) is 0.149. The molecule has 3 rings (SSSR count). The van der Waals surface area contributed by atoms with Crippen LogP contribution in [0, 0.1) is 0 Å². The Morgan fingerprint density at radius 1 is 1.04 bits per heavy atom. The lowest BCUT2D eigenvalue weighted by Crippen LogP contribution is -2.50. The number of benzene rings is 2. The maximum atomic E-state index is 12.7. The number of amides is 1. The molecule has 1 amide bonds. The minimum Gasteiger partial charge on any atom is -0.445 e. The zero-order valence-electron chi connectivity index (χ0n) is 13.5. The van der Waals surface area contributed by atoms with E-state index in [4.69, 9.17) is 4.74 Å². The van der Waals surface area contributed by atoms with Crippen molar-refractivity contribution in [3.63, 3.8) is 0 Å². The van der Waals surface area contributed by atoms with Crippen molar-refractivity contribution in [2.75, 3.05) is 0 Å². The Labute approximate surface area is 143 Å². The molecule has 0 saturated heterocycles. The molecule has 0 spiro atoms. The average Bonchev–Trinajstić information content (AvgIpc) is 2.57. The zero-order valence-corrected chi connectivity index (χ0v) is 13.5. The van der Waals surface area contributed by atoms with Crippen molar-refractivity contribution in [1.82, 2.24) is 5.32 Å². The highest BCUT2D eigenvalue weighted by molar-refractivity contribution is 5.69. The number of alkyl carbamates (subject to hydrolysis) is 1. The van der Waals surface area contributed by atoms with E-state index in [9.17, 15) is 18.0 Å². The van der Waals surface area contributed by atoms with E-state index in [1.165, 1.54) is 12.1 Å². The second-order valence-corrected chi connectivity index (χ2v) is 6.20. The van der Waals surface area contributed by atoms with Gasteiger partial charge in [0.05, 0.1) is 11.1 Å². The van der Waals surface area contributed by atoms with Crippen LogP contribution in [0.2, 0.25) is 0 Å². The molecule has 0 atom stereocenters. The van der Waals surface area contributed by atoms with Crippen molar-refractivity contribution in [2.24, 2.45) is 0 Å². The molecule has 0 aromatic heterocycles. The van der Waals surface area contributed by atoms with Gasteiger partial charge in [-0.1, -0.05) is 42.5 Å². The van der Waals surface area contributed by atoms with E-state index in [-0.39, 0.29) is 6.61 Å². The molecule has 0 bridgehead atoms. The van der Waals surface area contributed by atoms with Crippen LogP contribution >= 0.6 is 0 Å². The lowest BCUT2D eigenvalue weighted by Gasteiger charge is -2.42. The van der Waals surface area contributed by atoms with Gasteiger partial charge in [0, 0.05) is 0 Å². The Kier molecular flexibility index (Phi) is 4.70.